The third kappa shape index (κ3) is 2.89. The van der Waals surface area contributed by atoms with Crippen LogP contribution in [-0.2, 0) is 19.6 Å². The van der Waals surface area contributed by atoms with E-state index in [4.69, 9.17) is 17.3 Å². The van der Waals surface area contributed by atoms with Crippen LogP contribution < -0.4 is 0 Å². The van der Waals surface area contributed by atoms with Gasteiger partial charge in [0.1, 0.15) is 0 Å². The van der Waals surface area contributed by atoms with E-state index in [0.717, 1.165) is 42.3 Å². The van der Waals surface area contributed by atoms with E-state index in [1.165, 1.54) is 24.0 Å². The molecule has 2 aliphatic rings. The lowest BCUT2D eigenvalue weighted by Crippen LogP contribution is -2.32. The molecule has 6 heteroatoms. The molecule has 0 N–H and O–H groups in total. The Hall–Kier alpha value is -2.31. The molecule has 0 bridgehead atoms. The predicted molar refractivity (Wildman–Crippen MR) is 103 cm³/mol. The zero-order valence-electron chi connectivity index (χ0n) is 14.6. The van der Waals surface area contributed by atoms with E-state index < -0.39 is 0 Å². The average Bonchev–Trinajstić information content (AvgIpc) is 3.47. The Morgan fingerprint density at radius 2 is 1.81 bits per heavy atom. The summed E-state index contributed by atoms with van der Waals surface area (Å²) in [4.78, 5) is 6.56. The lowest BCUT2D eigenvalue weighted by Gasteiger charge is -2.28. The molecule has 1 saturated carbocycles. The van der Waals surface area contributed by atoms with Crippen molar-refractivity contribution in [3.8, 4) is 11.4 Å². The highest BCUT2D eigenvalue weighted by atomic mass is 32.1. The molecule has 0 amide bonds. The Balaban J connectivity index is 1.46. The van der Waals surface area contributed by atoms with E-state index in [9.17, 15) is 0 Å². The highest BCUT2D eigenvalue weighted by Crippen LogP contribution is 2.38. The fraction of sp³-hybridized carbons (Fsp3) is 0.350. The predicted octanol–water partition coefficient (Wildman–Crippen LogP) is 3.83. The van der Waals surface area contributed by atoms with Gasteiger partial charge < -0.3 is 0 Å². The van der Waals surface area contributed by atoms with Gasteiger partial charge in [0.25, 0.3) is 0 Å². The first-order valence-electron chi connectivity index (χ1n) is 9.18. The lowest BCUT2D eigenvalue weighted by molar-refractivity contribution is 0.188. The second-order valence-electron chi connectivity index (χ2n) is 7.16. The van der Waals surface area contributed by atoms with Crippen LogP contribution in [0.1, 0.15) is 30.0 Å². The number of hydrogen-bond acceptors (Lipinski definition) is 4. The zero-order chi connectivity index (χ0) is 17.5. The molecule has 2 aromatic heterocycles. The van der Waals surface area contributed by atoms with Gasteiger partial charge >= 0.3 is 0 Å². The highest BCUT2D eigenvalue weighted by Gasteiger charge is 2.29. The largest absolute Gasteiger partial charge is 0.297 e. The van der Waals surface area contributed by atoms with Gasteiger partial charge in [-0.3, -0.25) is 14.5 Å². The lowest BCUT2D eigenvalue weighted by atomic mass is 10.0. The van der Waals surface area contributed by atoms with E-state index >= 15 is 0 Å². The summed E-state index contributed by atoms with van der Waals surface area (Å²) in [6.07, 6.45) is 7.10. The molecule has 0 atom stereocenters. The monoisotopic (exact) mass is 363 g/mol. The first kappa shape index (κ1) is 15.9. The van der Waals surface area contributed by atoms with Crippen LogP contribution >= 0.6 is 12.2 Å². The summed E-state index contributed by atoms with van der Waals surface area (Å²) in [6.45, 7) is 2.74. The molecule has 1 aliphatic heterocycles. The maximum atomic E-state index is 5.80. The second-order valence-corrected chi connectivity index (χ2v) is 7.52. The smallest absolute Gasteiger partial charge is 0.199 e. The summed E-state index contributed by atoms with van der Waals surface area (Å²) < 4.78 is 5.07. The molecule has 132 valence electrons. The van der Waals surface area contributed by atoms with Crippen LogP contribution in [-0.4, -0.2) is 30.8 Å². The summed E-state index contributed by atoms with van der Waals surface area (Å²) in [5, 5.41) is 4.90. The minimum atomic E-state index is 0.501. The van der Waals surface area contributed by atoms with Crippen molar-refractivity contribution in [1.82, 2.24) is 24.2 Å². The van der Waals surface area contributed by atoms with Crippen molar-refractivity contribution >= 4 is 12.2 Å². The molecule has 3 aromatic rings. The molecule has 1 aliphatic carbocycles. The average molecular weight is 363 g/mol. The molecule has 5 nitrogen and oxygen atoms in total. The Morgan fingerprint density at radius 1 is 1.04 bits per heavy atom. The minimum absolute atomic E-state index is 0.501. The van der Waals surface area contributed by atoms with Crippen LogP contribution in [0.2, 0.25) is 0 Å². The van der Waals surface area contributed by atoms with Crippen molar-refractivity contribution < 1.29 is 0 Å². The molecular formula is C20H21N5S. The topological polar surface area (TPSA) is 38.9 Å². The number of benzene rings is 1. The Kier molecular flexibility index (Phi) is 3.94. The SMILES string of the molecule is S=c1n(CN2CCc3ccccc3C2)nc(-c2ccncc2)n1C1CC1. The molecule has 0 saturated heterocycles. The molecule has 1 aromatic carbocycles. The fourth-order valence-electron chi connectivity index (χ4n) is 3.74. The van der Waals surface area contributed by atoms with Crippen LogP contribution in [0, 0.1) is 4.77 Å². The fourth-order valence-corrected chi connectivity index (χ4v) is 4.07. The van der Waals surface area contributed by atoms with E-state index in [1.807, 2.05) is 29.2 Å². The van der Waals surface area contributed by atoms with Gasteiger partial charge in [0.15, 0.2) is 10.6 Å². The van der Waals surface area contributed by atoms with Gasteiger partial charge in [-0.2, -0.15) is 5.10 Å². The molecular weight excluding hydrogens is 342 g/mol. The summed E-state index contributed by atoms with van der Waals surface area (Å²) in [6, 6.07) is 13.2. The number of nitrogens with zero attached hydrogens (tertiary/aromatic N) is 5. The molecule has 26 heavy (non-hydrogen) atoms. The van der Waals surface area contributed by atoms with Crippen molar-refractivity contribution in [3.63, 3.8) is 0 Å². The van der Waals surface area contributed by atoms with Crippen molar-refractivity contribution in [2.45, 2.75) is 38.5 Å². The van der Waals surface area contributed by atoms with Gasteiger partial charge in [0.2, 0.25) is 0 Å². The van der Waals surface area contributed by atoms with Crippen LogP contribution in [0.25, 0.3) is 11.4 Å². The molecule has 0 spiro atoms. The summed E-state index contributed by atoms with van der Waals surface area (Å²) in [5.74, 6) is 0.970. The van der Waals surface area contributed by atoms with Crippen molar-refractivity contribution in [1.29, 1.82) is 0 Å². The number of fused-ring (bicyclic) bond motifs is 1. The third-order valence-electron chi connectivity index (χ3n) is 5.26. The van der Waals surface area contributed by atoms with Crippen molar-refractivity contribution in [2.75, 3.05) is 6.54 Å². The number of rotatable bonds is 4. The summed E-state index contributed by atoms with van der Waals surface area (Å²) in [7, 11) is 0. The normalized spacial score (nSPS) is 17.2. The van der Waals surface area contributed by atoms with Crippen LogP contribution in [0.3, 0.4) is 0 Å². The molecule has 0 radical (unpaired) electrons. The van der Waals surface area contributed by atoms with Gasteiger partial charge in [-0.1, -0.05) is 24.3 Å². The van der Waals surface area contributed by atoms with E-state index in [1.54, 1.807) is 0 Å². The Bertz CT molecular complexity index is 987. The van der Waals surface area contributed by atoms with Gasteiger partial charge in [0.05, 0.1) is 6.67 Å². The molecule has 0 unspecified atom stereocenters. The maximum absolute atomic E-state index is 5.80. The number of aromatic nitrogens is 4. The minimum Gasteiger partial charge on any atom is -0.297 e. The quantitative estimate of drug-likeness (QED) is 0.661. The molecule has 3 heterocycles. The van der Waals surface area contributed by atoms with Gasteiger partial charge in [-0.15, -0.1) is 0 Å². The first-order chi connectivity index (χ1) is 12.8. The van der Waals surface area contributed by atoms with E-state index in [0.29, 0.717) is 6.04 Å². The Labute approximate surface area is 157 Å². The number of pyridine rings is 1. The van der Waals surface area contributed by atoms with Crippen LogP contribution in [0.4, 0.5) is 0 Å². The van der Waals surface area contributed by atoms with E-state index in [2.05, 4.69) is 38.7 Å². The summed E-state index contributed by atoms with van der Waals surface area (Å²) >= 11 is 5.80. The van der Waals surface area contributed by atoms with Crippen molar-refractivity contribution in [3.05, 3.63) is 64.7 Å². The van der Waals surface area contributed by atoms with Gasteiger partial charge in [0, 0.05) is 37.1 Å². The maximum Gasteiger partial charge on any atom is 0.199 e. The highest BCUT2D eigenvalue weighted by molar-refractivity contribution is 7.71. The van der Waals surface area contributed by atoms with Gasteiger partial charge in [-0.05, 0) is 54.7 Å². The first-order valence-corrected chi connectivity index (χ1v) is 9.59. The zero-order valence-corrected chi connectivity index (χ0v) is 15.4. The Morgan fingerprint density at radius 3 is 2.58 bits per heavy atom. The molecule has 5 rings (SSSR count). The van der Waals surface area contributed by atoms with Crippen LogP contribution in [0.5, 0.6) is 0 Å². The van der Waals surface area contributed by atoms with Crippen molar-refractivity contribution in [2.24, 2.45) is 0 Å². The molecule has 1 fully saturated rings. The summed E-state index contributed by atoms with van der Waals surface area (Å²) in [5.41, 5.74) is 3.97. The number of hydrogen-bond donors (Lipinski definition) is 0. The van der Waals surface area contributed by atoms with Gasteiger partial charge in [-0.25, -0.2) is 4.68 Å². The third-order valence-corrected chi connectivity index (χ3v) is 5.67. The van der Waals surface area contributed by atoms with E-state index in [-0.39, 0.29) is 0 Å². The second kappa shape index (κ2) is 6.45. The standard InChI is InChI=1S/C20H21N5S/c26-20-24(14-23-12-9-15-3-1-2-4-17(15)13-23)22-19(25(20)18-5-6-18)16-7-10-21-11-8-16/h1-4,7-8,10-11,18H,5-6,9,12-14H2. The van der Waals surface area contributed by atoms with Crippen LogP contribution in [0.15, 0.2) is 48.8 Å².